The van der Waals surface area contributed by atoms with Gasteiger partial charge in [0, 0.05) is 0 Å². The van der Waals surface area contributed by atoms with Crippen molar-refractivity contribution in [3.8, 4) is 5.75 Å². The summed E-state index contributed by atoms with van der Waals surface area (Å²) in [4.78, 5) is 25.0. The molecule has 5 nitrogen and oxygen atoms in total. The zero-order valence-electron chi connectivity index (χ0n) is 15.2. The molecule has 0 spiro atoms. The first-order valence-electron chi connectivity index (χ1n) is 8.53. The van der Waals surface area contributed by atoms with E-state index in [4.69, 9.17) is 14.2 Å². The van der Waals surface area contributed by atoms with Gasteiger partial charge in [-0.3, -0.25) is 9.59 Å². The Balaban J connectivity index is 2.15. The van der Waals surface area contributed by atoms with Crippen molar-refractivity contribution < 1.29 is 23.8 Å². The molecule has 0 heterocycles. The Hall–Kier alpha value is -2.30. The number of carbonyl (C=O) groups excluding carboxylic acids is 2. The number of methoxy groups -OCH3 is 3. The topological polar surface area (TPSA) is 61.8 Å². The number of rotatable bonds is 3. The number of allylic oxidation sites excluding steroid dienone is 1. The summed E-state index contributed by atoms with van der Waals surface area (Å²) in [6, 6.07) is 6.05. The summed E-state index contributed by atoms with van der Waals surface area (Å²) in [5.74, 6) is -0.391. The minimum atomic E-state index is -0.979. The van der Waals surface area contributed by atoms with Crippen molar-refractivity contribution in [2.75, 3.05) is 21.3 Å². The fourth-order valence-electron chi connectivity index (χ4n) is 4.39. The molecular formula is C20H24O5. The molecule has 0 aliphatic heterocycles. The molecule has 0 saturated carbocycles. The molecule has 3 rings (SSSR count). The first-order chi connectivity index (χ1) is 12.0. The standard InChI is InChI=1S/C20H24O5/c1-20(19(22)25-4)16-9-5-12-11-13(23-2)6-7-14(12)15(16)8-10-17(20)18(21)24-3/h6-7,11,17H,5,8-10H2,1-4H3/t17-,20-/m0/s1. The van der Waals surface area contributed by atoms with E-state index in [0.717, 1.165) is 41.7 Å². The maximum Gasteiger partial charge on any atom is 0.316 e. The lowest BCUT2D eigenvalue weighted by atomic mass is 9.60. The zero-order valence-corrected chi connectivity index (χ0v) is 15.2. The van der Waals surface area contributed by atoms with E-state index in [1.54, 1.807) is 7.11 Å². The average Bonchev–Trinajstić information content (AvgIpc) is 2.66. The van der Waals surface area contributed by atoms with Crippen molar-refractivity contribution in [2.45, 2.75) is 32.6 Å². The van der Waals surface area contributed by atoms with Crippen LogP contribution in [0.25, 0.3) is 5.57 Å². The van der Waals surface area contributed by atoms with Crippen molar-refractivity contribution in [1.82, 2.24) is 0 Å². The van der Waals surface area contributed by atoms with E-state index in [2.05, 4.69) is 12.1 Å². The number of aryl methyl sites for hydroxylation is 1. The van der Waals surface area contributed by atoms with E-state index >= 15 is 0 Å². The van der Waals surface area contributed by atoms with Crippen LogP contribution in [0, 0.1) is 11.3 Å². The first-order valence-corrected chi connectivity index (χ1v) is 8.53. The van der Waals surface area contributed by atoms with Gasteiger partial charge in [-0.25, -0.2) is 0 Å². The number of fused-ring (bicyclic) bond motifs is 2. The lowest BCUT2D eigenvalue weighted by molar-refractivity contribution is -0.163. The molecule has 0 fully saturated rings. The number of benzene rings is 1. The van der Waals surface area contributed by atoms with Gasteiger partial charge in [0.15, 0.2) is 0 Å². The molecule has 0 bridgehead atoms. The lowest BCUT2D eigenvalue weighted by Gasteiger charge is -2.43. The first kappa shape index (κ1) is 17.5. The van der Waals surface area contributed by atoms with Crippen LogP contribution in [-0.2, 0) is 25.5 Å². The highest BCUT2D eigenvalue weighted by Crippen LogP contribution is 2.53. The minimum Gasteiger partial charge on any atom is -0.497 e. The second-order valence-electron chi connectivity index (χ2n) is 6.79. The van der Waals surface area contributed by atoms with Crippen molar-refractivity contribution in [1.29, 1.82) is 0 Å². The van der Waals surface area contributed by atoms with Gasteiger partial charge in [-0.2, -0.15) is 0 Å². The molecule has 0 radical (unpaired) electrons. The van der Waals surface area contributed by atoms with Crippen LogP contribution < -0.4 is 4.74 Å². The van der Waals surface area contributed by atoms with E-state index in [1.807, 2.05) is 13.0 Å². The summed E-state index contributed by atoms with van der Waals surface area (Å²) in [5, 5.41) is 0. The van der Waals surface area contributed by atoms with Crippen LogP contribution in [0.2, 0.25) is 0 Å². The molecule has 134 valence electrons. The van der Waals surface area contributed by atoms with Gasteiger partial charge in [0.05, 0.1) is 32.7 Å². The van der Waals surface area contributed by atoms with Crippen LogP contribution in [-0.4, -0.2) is 33.3 Å². The van der Waals surface area contributed by atoms with Crippen molar-refractivity contribution in [2.24, 2.45) is 11.3 Å². The summed E-state index contributed by atoms with van der Waals surface area (Å²) >= 11 is 0. The van der Waals surface area contributed by atoms with Crippen molar-refractivity contribution in [3.63, 3.8) is 0 Å². The van der Waals surface area contributed by atoms with Crippen LogP contribution >= 0.6 is 0 Å². The summed E-state index contributed by atoms with van der Waals surface area (Å²) in [7, 11) is 4.40. The maximum absolute atomic E-state index is 12.7. The van der Waals surface area contributed by atoms with Gasteiger partial charge in [0.1, 0.15) is 5.75 Å². The van der Waals surface area contributed by atoms with Gasteiger partial charge in [-0.1, -0.05) is 6.07 Å². The van der Waals surface area contributed by atoms with Crippen LogP contribution in [0.1, 0.15) is 37.3 Å². The molecule has 25 heavy (non-hydrogen) atoms. The van der Waals surface area contributed by atoms with Gasteiger partial charge in [-0.05, 0) is 67.0 Å². The van der Waals surface area contributed by atoms with Gasteiger partial charge < -0.3 is 14.2 Å². The minimum absolute atomic E-state index is 0.347. The third-order valence-electron chi connectivity index (χ3n) is 5.75. The molecule has 5 heteroatoms. The van der Waals surface area contributed by atoms with Gasteiger partial charge in [0.25, 0.3) is 0 Å². The van der Waals surface area contributed by atoms with E-state index in [0.29, 0.717) is 6.42 Å². The molecule has 0 unspecified atom stereocenters. The molecule has 2 aliphatic carbocycles. The molecule has 2 atom stereocenters. The van der Waals surface area contributed by atoms with Gasteiger partial charge in [0.2, 0.25) is 0 Å². The van der Waals surface area contributed by atoms with Gasteiger partial charge in [-0.15, -0.1) is 0 Å². The SMILES string of the molecule is COC(=O)[C@@H]1CCC2=C(CCc3cc(OC)ccc32)[C@]1(C)C(=O)OC. The number of esters is 2. The van der Waals surface area contributed by atoms with Crippen molar-refractivity contribution >= 4 is 17.5 Å². The summed E-state index contributed by atoms with van der Waals surface area (Å²) in [6.07, 6.45) is 2.87. The van der Waals surface area contributed by atoms with E-state index in [-0.39, 0.29) is 11.9 Å². The summed E-state index contributed by atoms with van der Waals surface area (Å²) in [5.41, 5.74) is 3.57. The number of carbonyl (C=O) groups is 2. The average molecular weight is 344 g/mol. The predicted octanol–water partition coefficient (Wildman–Crippen LogP) is 3.16. The molecule has 2 aliphatic rings. The van der Waals surface area contributed by atoms with E-state index in [1.165, 1.54) is 19.8 Å². The van der Waals surface area contributed by atoms with Crippen LogP contribution in [0.4, 0.5) is 0 Å². The Labute approximate surface area is 148 Å². The second kappa shape index (κ2) is 6.54. The Morgan fingerprint density at radius 3 is 2.48 bits per heavy atom. The zero-order chi connectivity index (χ0) is 18.2. The van der Waals surface area contributed by atoms with Crippen LogP contribution in [0.3, 0.4) is 0 Å². The Morgan fingerprint density at radius 2 is 1.84 bits per heavy atom. The highest BCUT2D eigenvalue weighted by molar-refractivity contribution is 5.93. The number of hydrogen-bond acceptors (Lipinski definition) is 5. The highest BCUT2D eigenvalue weighted by atomic mass is 16.5. The van der Waals surface area contributed by atoms with E-state index in [9.17, 15) is 9.59 Å². The lowest BCUT2D eigenvalue weighted by Crippen LogP contribution is -2.46. The predicted molar refractivity (Wildman–Crippen MR) is 93.1 cm³/mol. The monoisotopic (exact) mass is 344 g/mol. The van der Waals surface area contributed by atoms with Crippen LogP contribution in [0.15, 0.2) is 23.8 Å². The van der Waals surface area contributed by atoms with Crippen LogP contribution in [0.5, 0.6) is 5.75 Å². The Morgan fingerprint density at radius 1 is 1.08 bits per heavy atom. The van der Waals surface area contributed by atoms with Gasteiger partial charge >= 0.3 is 11.9 Å². The highest BCUT2D eigenvalue weighted by Gasteiger charge is 2.53. The molecule has 0 saturated heterocycles. The summed E-state index contributed by atoms with van der Waals surface area (Å²) < 4.78 is 15.4. The Bertz CT molecular complexity index is 748. The third-order valence-corrected chi connectivity index (χ3v) is 5.75. The van der Waals surface area contributed by atoms with E-state index < -0.39 is 11.3 Å². The molecule has 1 aromatic carbocycles. The quantitative estimate of drug-likeness (QED) is 0.788. The third kappa shape index (κ3) is 2.62. The molecule has 0 N–H and O–H groups in total. The summed E-state index contributed by atoms with van der Waals surface area (Å²) in [6.45, 7) is 1.82. The maximum atomic E-state index is 12.7. The second-order valence-corrected chi connectivity index (χ2v) is 6.79. The number of ether oxygens (including phenoxy) is 3. The fraction of sp³-hybridized carbons (Fsp3) is 0.500. The molecule has 0 amide bonds. The molecule has 0 aromatic heterocycles. The molecular weight excluding hydrogens is 320 g/mol. The normalized spacial score (nSPS) is 24.9. The largest absolute Gasteiger partial charge is 0.497 e. The fourth-order valence-corrected chi connectivity index (χ4v) is 4.39. The van der Waals surface area contributed by atoms with Crippen molar-refractivity contribution in [3.05, 3.63) is 34.9 Å². The number of hydrogen-bond donors (Lipinski definition) is 0. The molecule has 1 aromatic rings. The smallest absolute Gasteiger partial charge is 0.316 e. The Kier molecular flexibility index (Phi) is 4.58.